The maximum Gasteiger partial charge on any atom is 0.313 e. The van der Waals surface area contributed by atoms with E-state index in [9.17, 15) is 14.7 Å². The highest BCUT2D eigenvalue weighted by Gasteiger charge is 2.43. The zero-order chi connectivity index (χ0) is 18.5. The maximum absolute atomic E-state index is 13.2. The van der Waals surface area contributed by atoms with Gasteiger partial charge in [0.15, 0.2) is 0 Å². The van der Waals surface area contributed by atoms with Gasteiger partial charge in [-0.1, -0.05) is 74.7 Å². The molecule has 1 aliphatic rings. The first kappa shape index (κ1) is 18.2. The minimum atomic E-state index is -0.891. The number of carboxylic acid groups (broad SMARTS) is 1. The minimum absolute atomic E-state index is 0.0662. The molecule has 2 atom stereocenters. The predicted octanol–water partition coefficient (Wildman–Crippen LogP) is 4.63. The lowest BCUT2D eigenvalue weighted by molar-refractivity contribution is -0.140. The molecule has 2 aromatic carbocycles. The zero-order valence-electron chi connectivity index (χ0n) is 15.1. The molecule has 1 N–H and O–H groups in total. The van der Waals surface area contributed by atoms with E-state index in [1.807, 2.05) is 30.3 Å². The third-order valence-corrected chi connectivity index (χ3v) is 5.10. The van der Waals surface area contributed by atoms with Crippen LogP contribution in [0.2, 0.25) is 0 Å². The molecule has 4 nitrogen and oxygen atoms in total. The summed E-state index contributed by atoms with van der Waals surface area (Å²) in [5.74, 6) is -1.71. The van der Waals surface area contributed by atoms with Crippen LogP contribution in [0.15, 0.2) is 54.6 Å². The largest absolute Gasteiger partial charge is 0.481 e. The number of amides is 1. The second kappa shape index (κ2) is 8.17. The first-order valence-corrected chi connectivity index (χ1v) is 9.32. The molecule has 0 radical (unpaired) electrons. The van der Waals surface area contributed by atoms with E-state index < -0.39 is 17.9 Å². The Balaban J connectivity index is 2.04. The first-order valence-electron chi connectivity index (χ1n) is 9.32. The highest BCUT2D eigenvalue weighted by Crippen LogP contribution is 2.42. The average molecular weight is 351 g/mol. The standard InChI is InChI=1S/C22H25NO3/c1-2-3-4-10-15-23-20(16-11-6-5-7-12-16)19(22(25)26)17-13-8-9-14-18(17)21(23)24/h5-9,11-14,19-20H,2-4,10,15H2,1H3,(H,25,26)/t19-,20+/m0/s1. The van der Waals surface area contributed by atoms with Crippen LogP contribution in [0.4, 0.5) is 0 Å². The van der Waals surface area contributed by atoms with E-state index in [-0.39, 0.29) is 5.91 Å². The lowest BCUT2D eigenvalue weighted by Crippen LogP contribution is -2.45. The van der Waals surface area contributed by atoms with Crippen molar-refractivity contribution in [2.45, 2.75) is 44.6 Å². The number of unbranched alkanes of at least 4 members (excludes halogenated alkanes) is 3. The van der Waals surface area contributed by atoms with Gasteiger partial charge in [-0.2, -0.15) is 0 Å². The van der Waals surface area contributed by atoms with Crippen LogP contribution in [0.5, 0.6) is 0 Å². The molecule has 0 saturated carbocycles. The van der Waals surface area contributed by atoms with Crippen LogP contribution in [0.3, 0.4) is 0 Å². The summed E-state index contributed by atoms with van der Waals surface area (Å²) in [6, 6.07) is 16.2. The first-order chi connectivity index (χ1) is 12.6. The molecule has 0 bridgehead atoms. The number of nitrogens with zero attached hydrogens (tertiary/aromatic N) is 1. The Kier molecular flexibility index (Phi) is 5.71. The molecule has 136 valence electrons. The summed E-state index contributed by atoms with van der Waals surface area (Å²) in [5.41, 5.74) is 2.00. The summed E-state index contributed by atoms with van der Waals surface area (Å²) < 4.78 is 0. The van der Waals surface area contributed by atoms with Crippen LogP contribution in [0.1, 0.15) is 66.1 Å². The molecule has 1 heterocycles. The number of hydrogen-bond donors (Lipinski definition) is 1. The molecule has 26 heavy (non-hydrogen) atoms. The van der Waals surface area contributed by atoms with Gasteiger partial charge in [0.2, 0.25) is 0 Å². The summed E-state index contributed by atoms with van der Waals surface area (Å²) in [6.07, 6.45) is 4.17. The monoisotopic (exact) mass is 351 g/mol. The Hall–Kier alpha value is -2.62. The summed E-state index contributed by atoms with van der Waals surface area (Å²) in [4.78, 5) is 27.1. The quantitative estimate of drug-likeness (QED) is 0.740. The second-order valence-electron chi connectivity index (χ2n) is 6.82. The van der Waals surface area contributed by atoms with Crippen LogP contribution in [-0.4, -0.2) is 28.4 Å². The molecule has 1 amide bonds. The van der Waals surface area contributed by atoms with Gasteiger partial charge in [0, 0.05) is 12.1 Å². The number of aliphatic carboxylic acids is 1. The number of hydrogen-bond acceptors (Lipinski definition) is 2. The van der Waals surface area contributed by atoms with E-state index in [4.69, 9.17) is 0 Å². The van der Waals surface area contributed by atoms with Crippen molar-refractivity contribution in [2.75, 3.05) is 6.54 Å². The fourth-order valence-electron chi connectivity index (χ4n) is 3.83. The number of carboxylic acids is 1. The third-order valence-electron chi connectivity index (χ3n) is 5.10. The summed E-state index contributed by atoms with van der Waals surface area (Å²) in [5, 5.41) is 9.99. The van der Waals surface area contributed by atoms with Crippen molar-refractivity contribution in [3.8, 4) is 0 Å². The summed E-state index contributed by atoms with van der Waals surface area (Å²) in [6.45, 7) is 2.73. The van der Waals surface area contributed by atoms with Gasteiger partial charge in [-0.3, -0.25) is 9.59 Å². The van der Waals surface area contributed by atoms with Crippen molar-refractivity contribution >= 4 is 11.9 Å². The van der Waals surface area contributed by atoms with E-state index in [0.717, 1.165) is 31.2 Å². The van der Waals surface area contributed by atoms with E-state index in [1.54, 1.807) is 29.2 Å². The van der Waals surface area contributed by atoms with E-state index in [0.29, 0.717) is 17.7 Å². The third kappa shape index (κ3) is 3.50. The Morgan fingerprint density at radius 3 is 2.38 bits per heavy atom. The highest BCUT2D eigenvalue weighted by atomic mass is 16.4. The van der Waals surface area contributed by atoms with Gasteiger partial charge in [-0.15, -0.1) is 0 Å². The predicted molar refractivity (Wildman–Crippen MR) is 101 cm³/mol. The molecule has 4 heteroatoms. The number of rotatable bonds is 7. The average Bonchev–Trinajstić information content (AvgIpc) is 2.66. The van der Waals surface area contributed by atoms with Gasteiger partial charge in [-0.25, -0.2) is 0 Å². The smallest absolute Gasteiger partial charge is 0.313 e. The molecule has 0 fully saturated rings. The molecule has 2 aromatic rings. The Bertz CT molecular complexity index is 772. The number of benzene rings is 2. The lowest BCUT2D eigenvalue weighted by atomic mass is 9.79. The lowest BCUT2D eigenvalue weighted by Gasteiger charge is -2.41. The summed E-state index contributed by atoms with van der Waals surface area (Å²) in [7, 11) is 0. The van der Waals surface area contributed by atoms with Crippen molar-refractivity contribution in [1.82, 2.24) is 4.90 Å². The molecule has 0 spiro atoms. The number of fused-ring (bicyclic) bond motifs is 1. The fourth-order valence-corrected chi connectivity index (χ4v) is 3.83. The van der Waals surface area contributed by atoms with Gasteiger partial charge in [0.05, 0.1) is 6.04 Å². The van der Waals surface area contributed by atoms with E-state index in [2.05, 4.69) is 6.92 Å². The van der Waals surface area contributed by atoms with Crippen molar-refractivity contribution < 1.29 is 14.7 Å². The minimum Gasteiger partial charge on any atom is -0.481 e. The molecule has 0 saturated heterocycles. The SMILES string of the molecule is CCCCCCN1C(=O)c2ccccc2[C@H](C(=O)O)[C@H]1c1ccccc1. The Morgan fingerprint density at radius 2 is 1.69 bits per heavy atom. The van der Waals surface area contributed by atoms with Crippen molar-refractivity contribution in [3.05, 3.63) is 71.3 Å². The van der Waals surface area contributed by atoms with Crippen LogP contribution >= 0.6 is 0 Å². The van der Waals surface area contributed by atoms with Crippen molar-refractivity contribution in [3.63, 3.8) is 0 Å². The van der Waals surface area contributed by atoms with Crippen LogP contribution in [0, 0.1) is 0 Å². The van der Waals surface area contributed by atoms with Crippen LogP contribution in [-0.2, 0) is 4.79 Å². The highest BCUT2D eigenvalue weighted by molar-refractivity contribution is 6.00. The van der Waals surface area contributed by atoms with Crippen molar-refractivity contribution in [1.29, 1.82) is 0 Å². The molecule has 0 aliphatic carbocycles. The van der Waals surface area contributed by atoms with E-state index >= 15 is 0 Å². The molecule has 1 aliphatic heterocycles. The zero-order valence-corrected chi connectivity index (χ0v) is 15.1. The maximum atomic E-state index is 13.2. The van der Waals surface area contributed by atoms with Gasteiger partial charge in [-0.05, 0) is 23.6 Å². The summed E-state index contributed by atoms with van der Waals surface area (Å²) >= 11 is 0. The second-order valence-corrected chi connectivity index (χ2v) is 6.82. The molecule has 3 rings (SSSR count). The topological polar surface area (TPSA) is 57.6 Å². The molecule has 0 unspecified atom stereocenters. The van der Waals surface area contributed by atoms with E-state index in [1.165, 1.54) is 0 Å². The molecule has 0 aromatic heterocycles. The van der Waals surface area contributed by atoms with Gasteiger partial charge < -0.3 is 10.0 Å². The van der Waals surface area contributed by atoms with Gasteiger partial charge in [0.1, 0.15) is 5.92 Å². The normalized spacial score (nSPS) is 19.3. The van der Waals surface area contributed by atoms with Crippen LogP contribution < -0.4 is 0 Å². The molecular weight excluding hydrogens is 326 g/mol. The Labute approximate surface area is 154 Å². The fraction of sp³-hybridized carbons (Fsp3) is 0.364. The Morgan fingerprint density at radius 1 is 1.00 bits per heavy atom. The number of carbonyl (C=O) groups excluding carboxylic acids is 1. The van der Waals surface area contributed by atoms with Crippen molar-refractivity contribution in [2.24, 2.45) is 0 Å². The number of carbonyl (C=O) groups is 2. The van der Waals surface area contributed by atoms with Crippen LogP contribution in [0.25, 0.3) is 0 Å². The van der Waals surface area contributed by atoms with Gasteiger partial charge in [0.25, 0.3) is 5.91 Å². The molecular formula is C22H25NO3. The van der Waals surface area contributed by atoms with Gasteiger partial charge >= 0.3 is 5.97 Å².